The van der Waals surface area contributed by atoms with Gasteiger partial charge in [-0.1, -0.05) is 42.9 Å². The quantitative estimate of drug-likeness (QED) is 0.628. The van der Waals surface area contributed by atoms with Gasteiger partial charge in [0.05, 0.1) is 18.4 Å². The lowest BCUT2D eigenvalue weighted by molar-refractivity contribution is 0.102. The molecule has 1 aliphatic rings. The molecule has 2 aromatic heterocycles. The van der Waals surface area contributed by atoms with Crippen LogP contribution in [0.3, 0.4) is 0 Å². The first-order valence-electron chi connectivity index (χ1n) is 9.70. The minimum Gasteiger partial charge on any atom is -0.467 e. The van der Waals surface area contributed by atoms with Crippen molar-refractivity contribution in [3.05, 3.63) is 58.5 Å². The van der Waals surface area contributed by atoms with E-state index >= 15 is 0 Å². The van der Waals surface area contributed by atoms with E-state index in [0.29, 0.717) is 29.0 Å². The Kier molecular flexibility index (Phi) is 5.43. The van der Waals surface area contributed by atoms with Crippen molar-refractivity contribution in [2.75, 3.05) is 10.2 Å². The molecule has 4 rings (SSSR count). The first kappa shape index (κ1) is 18.7. The third-order valence-electron chi connectivity index (χ3n) is 5.08. The summed E-state index contributed by atoms with van der Waals surface area (Å²) in [6, 6.07) is 10.5. The summed E-state index contributed by atoms with van der Waals surface area (Å²) in [5.41, 5.74) is 3.09. The molecule has 3 aromatic rings. The number of rotatable bonds is 7. The minimum atomic E-state index is -0.206. The van der Waals surface area contributed by atoms with Crippen LogP contribution in [-0.2, 0) is 19.4 Å². The molecule has 1 aromatic carbocycles. The molecule has 3 heterocycles. The van der Waals surface area contributed by atoms with Gasteiger partial charge in [0.15, 0.2) is 0 Å². The molecule has 0 aliphatic carbocycles. The number of hydrogen-bond donors (Lipinski definition) is 1. The number of fused-ring (bicyclic) bond motifs is 1. The number of aryl methyl sites for hydroxylation is 1. The Labute approximate surface area is 168 Å². The van der Waals surface area contributed by atoms with Crippen LogP contribution >= 0.6 is 11.3 Å². The van der Waals surface area contributed by atoms with Crippen molar-refractivity contribution in [3.63, 3.8) is 0 Å². The highest BCUT2D eigenvalue weighted by Crippen LogP contribution is 2.33. The molecule has 146 valence electrons. The van der Waals surface area contributed by atoms with Gasteiger partial charge in [-0.2, -0.15) is 0 Å². The number of anilines is 2. The smallest absolute Gasteiger partial charge is 0.261 e. The minimum absolute atomic E-state index is 0.206. The predicted molar refractivity (Wildman–Crippen MR) is 111 cm³/mol. The van der Waals surface area contributed by atoms with Gasteiger partial charge in [0.2, 0.25) is 5.13 Å². The van der Waals surface area contributed by atoms with Crippen LogP contribution < -0.4 is 10.2 Å². The van der Waals surface area contributed by atoms with E-state index in [1.165, 1.54) is 22.6 Å². The van der Waals surface area contributed by atoms with Crippen LogP contribution in [0.25, 0.3) is 0 Å². The maximum absolute atomic E-state index is 12.8. The summed E-state index contributed by atoms with van der Waals surface area (Å²) < 4.78 is 5.67. The maximum atomic E-state index is 12.8. The van der Waals surface area contributed by atoms with Gasteiger partial charge in [0, 0.05) is 18.2 Å². The van der Waals surface area contributed by atoms with Crippen LogP contribution in [0.1, 0.15) is 53.4 Å². The van der Waals surface area contributed by atoms with Crippen molar-refractivity contribution in [1.82, 2.24) is 10.2 Å². The van der Waals surface area contributed by atoms with Gasteiger partial charge in [-0.05, 0) is 37.5 Å². The summed E-state index contributed by atoms with van der Waals surface area (Å²) in [6.07, 6.45) is 5.66. The zero-order chi connectivity index (χ0) is 19.5. The Hall–Kier alpha value is -2.67. The monoisotopic (exact) mass is 396 g/mol. The van der Waals surface area contributed by atoms with Crippen molar-refractivity contribution in [2.24, 2.45) is 0 Å². The average molecular weight is 397 g/mol. The molecule has 0 radical (unpaired) electrons. The molecule has 1 N–H and O–H groups in total. The molecule has 1 atom stereocenters. The molecule has 0 fully saturated rings. The fourth-order valence-corrected chi connectivity index (χ4v) is 4.36. The lowest BCUT2D eigenvalue weighted by Gasteiger charge is -2.24. The molecule has 1 unspecified atom stereocenters. The largest absolute Gasteiger partial charge is 0.467 e. The molecule has 0 spiro atoms. The van der Waals surface area contributed by atoms with Crippen molar-refractivity contribution in [2.45, 2.75) is 52.1 Å². The van der Waals surface area contributed by atoms with Crippen LogP contribution in [0.15, 0.2) is 41.0 Å². The number of para-hydroxylation sites is 1. The van der Waals surface area contributed by atoms with E-state index in [4.69, 9.17) is 4.42 Å². The van der Waals surface area contributed by atoms with Crippen molar-refractivity contribution in [3.8, 4) is 0 Å². The number of aromatic nitrogens is 2. The van der Waals surface area contributed by atoms with Crippen LogP contribution in [0.2, 0.25) is 0 Å². The molecule has 6 nitrogen and oxygen atoms in total. The lowest BCUT2D eigenvalue weighted by Crippen LogP contribution is -2.29. The standard InChI is InChI=1S/C21H24N4O2S/c1-3-4-9-19-23-24-21(28-19)22-20(26)16-10-11-27-18(16)13-25-14(2)12-15-7-5-6-8-17(15)25/h5-8,10-11,14H,3-4,9,12-13H2,1-2H3,(H,22,24,26). The van der Waals surface area contributed by atoms with Gasteiger partial charge < -0.3 is 9.32 Å². The Balaban J connectivity index is 1.47. The highest BCUT2D eigenvalue weighted by atomic mass is 32.1. The van der Waals surface area contributed by atoms with Gasteiger partial charge in [-0.25, -0.2) is 0 Å². The summed E-state index contributed by atoms with van der Waals surface area (Å²) >= 11 is 1.43. The van der Waals surface area contributed by atoms with Gasteiger partial charge in [0.25, 0.3) is 5.91 Å². The van der Waals surface area contributed by atoms with Gasteiger partial charge >= 0.3 is 0 Å². The summed E-state index contributed by atoms with van der Waals surface area (Å²) in [4.78, 5) is 15.1. The van der Waals surface area contributed by atoms with Crippen LogP contribution in [0.4, 0.5) is 10.8 Å². The van der Waals surface area contributed by atoms with Crippen LogP contribution in [0, 0.1) is 0 Å². The van der Waals surface area contributed by atoms with Crippen LogP contribution in [0.5, 0.6) is 0 Å². The zero-order valence-corrected chi connectivity index (χ0v) is 17.0. The fourth-order valence-electron chi connectivity index (χ4n) is 3.59. The third-order valence-corrected chi connectivity index (χ3v) is 5.98. The fraction of sp³-hybridized carbons (Fsp3) is 0.381. The van der Waals surface area contributed by atoms with E-state index in [2.05, 4.69) is 52.5 Å². The molecule has 1 aliphatic heterocycles. The van der Waals surface area contributed by atoms with Gasteiger partial charge in [0.1, 0.15) is 10.8 Å². The number of hydrogen-bond acceptors (Lipinski definition) is 6. The molecular formula is C21H24N4O2S. The highest BCUT2D eigenvalue weighted by Gasteiger charge is 2.28. The third kappa shape index (κ3) is 3.80. The number of carbonyl (C=O) groups is 1. The number of nitrogens with zero attached hydrogens (tertiary/aromatic N) is 3. The van der Waals surface area contributed by atoms with Crippen molar-refractivity contribution in [1.29, 1.82) is 0 Å². The number of benzene rings is 1. The SMILES string of the molecule is CCCCc1nnc(NC(=O)c2ccoc2CN2c3ccccc3CC2C)s1. The van der Waals surface area contributed by atoms with Crippen molar-refractivity contribution >= 4 is 28.1 Å². The van der Waals surface area contributed by atoms with Crippen molar-refractivity contribution < 1.29 is 9.21 Å². The first-order chi connectivity index (χ1) is 13.7. The van der Waals surface area contributed by atoms with Gasteiger partial charge in [-0.15, -0.1) is 10.2 Å². The number of nitrogens with one attached hydrogen (secondary N) is 1. The van der Waals surface area contributed by atoms with E-state index in [1.807, 2.05) is 6.07 Å². The Morgan fingerprint density at radius 3 is 3.04 bits per heavy atom. The number of unbranched alkanes of at least 4 members (excludes halogenated alkanes) is 1. The zero-order valence-electron chi connectivity index (χ0n) is 16.1. The van der Waals surface area contributed by atoms with E-state index in [1.54, 1.807) is 12.3 Å². The molecular weight excluding hydrogens is 372 g/mol. The number of furan rings is 1. The number of amides is 1. The second kappa shape index (κ2) is 8.14. The average Bonchev–Trinajstić information content (AvgIpc) is 3.40. The van der Waals surface area contributed by atoms with Gasteiger partial charge in [-0.3, -0.25) is 10.1 Å². The normalized spacial score (nSPS) is 15.6. The first-order valence-corrected chi connectivity index (χ1v) is 10.5. The summed E-state index contributed by atoms with van der Waals surface area (Å²) in [7, 11) is 0. The predicted octanol–water partition coefficient (Wildman–Crippen LogP) is 4.68. The molecule has 0 saturated heterocycles. The van der Waals surface area contributed by atoms with E-state index in [0.717, 1.165) is 30.7 Å². The molecule has 28 heavy (non-hydrogen) atoms. The molecule has 0 saturated carbocycles. The van der Waals surface area contributed by atoms with Crippen LogP contribution in [-0.4, -0.2) is 22.1 Å². The topological polar surface area (TPSA) is 71.3 Å². The molecule has 0 bridgehead atoms. The summed E-state index contributed by atoms with van der Waals surface area (Å²) in [5.74, 6) is 0.457. The molecule has 1 amide bonds. The Morgan fingerprint density at radius 1 is 1.32 bits per heavy atom. The highest BCUT2D eigenvalue weighted by molar-refractivity contribution is 7.15. The Morgan fingerprint density at radius 2 is 2.18 bits per heavy atom. The Bertz CT molecular complexity index is 965. The maximum Gasteiger partial charge on any atom is 0.261 e. The summed E-state index contributed by atoms with van der Waals surface area (Å²) in [5, 5.41) is 12.6. The lowest BCUT2D eigenvalue weighted by atomic mass is 10.1. The van der Waals surface area contributed by atoms with E-state index < -0.39 is 0 Å². The second-order valence-corrected chi connectivity index (χ2v) is 8.19. The summed E-state index contributed by atoms with van der Waals surface area (Å²) in [6.45, 7) is 4.90. The number of carbonyl (C=O) groups excluding carboxylic acids is 1. The van der Waals surface area contributed by atoms with E-state index in [9.17, 15) is 4.79 Å². The molecule has 7 heteroatoms. The van der Waals surface area contributed by atoms with E-state index in [-0.39, 0.29) is 5.91 Å². The second-order valence-electron chi connectivity index (χ2n) is 7.13.